The summed E-state index contributed by atoms with van der Waals surface area (Å²) in [5.41, 5.74) is 1.37. The van der Waals surface area contributed by atoms with Crippen LogP contribution in [0.1, 0.15) is 41.8 Å². The van der Waals surface area contributed by atoms with Crippen LogP contribution in [0.4, 0.5) is 0 Å². The van der Waals surface area contributed by atoms with Crippen molar-refractivity contribution in [1.29, 1.82) is 0 Å². The summed E-state index contributed by atoms with van der Waals surface area (Å²) in [7, 11) is 0. The van der Waals surface area contributed by atoms with Crippen LogP contribution in [-0.4, -0.2) is 22.5 Å². The summed E-state index contributed by atoms with van der Waals surface area (Å²) < 4.78 is 0. The van der Waals surface area contributed by atoms with E-state index in [4.69, 9.17) is 5.11 Å². The molecule has 1 aromatic rings. The van der Waals surface area contributed by atoms with E-state index in [2.05, 4.69) is 5.32 Å². The van der Waals surface area contributed by atoms with Gasteiger partial charge in [-0.15, -0.1) is 0 Å². The minimum atomic E-state index is -1.23. The standard InChI is InChI=1S/C14H19NO3/c1-5-14(4,13(17)18)15-12(16)11-7-6-9(2)10(3)8-11/h6-8H,5H2,1-4H3,(H,15,16)(H,17,18). The van der Waals surface area contributed by atoms with E-state index in [1.165, 1.54) is 6.92 Å². The highest BCUT2D eigenvalue weighted by molar-refractivity contribution is 5.97. The molecule has 0 aromatic heterocycles. The van der Waals surface area contributed by atoms with E-state index in [0.29, 0.717) is 12.0 Å². The number of nitrogens with one attached hydrogen (secondary N) is 1. The minimum absolute atomic E-state index is 0.332. The van der Waals surface area contributed by atoms with Crippen LogP contribution < -0.4 is 5.32 Å². The minimum Gasteiger partial charge on any atom is -0.480 e. The van der Waals surface area contributed by atoms with Crippen LogP contribution in [0.5, 0.6) is 0 Å². The van der Waals surface area contributed by atoms with Gasteiger partial charge in [-0.1, -0.05) is 13.0 Å². The van der Waals surface area contributed by atoms with Crippen molar-refractivity contribution in [3.05, 3.63) is 34.9 Å². The van der Waals surface area contributed by atoms with Crippen molar-refractivity contribution in [2.45, 2.75) is 39.7 Å². The first-order valence-electron chi connectivity index (χ1n) is 5.93. The molecule has 0 fully saturated rings. The van der Waals surface area contributed by atoms with Crippen LogP contribution >= 0.6 is 0 Å². The van der Waals surface area contributed by atoms with Crippen molar-refractivity contribution < 1.29 is 14.7 Å². The van der Waals surface area contributed by atoms with Gasteiger partial charge in [-0.3, -0.25) is 4.79 Å². The molecule has 0 aliphatic rings. The predicted octanol–water partition coefficient (Wildman–Crippen LogP) is 2.29. The molecule has 1 unspecified atom stereocenters. The van der Waals surface area contributed by atoms with Crippen LogP contribution in [-0.2, 0) is 4.79 Å². The molecular weight excluding hydrogens is 230 g/mol. The Balaban J connectivity index is 2.95. The van der Waals surface area contributed by atoms with Crippen molar-refractivity contribution in [3.63, 3.8) is 0 Å². The lowest BCUT2D eigenvalue weighted by atomic mass is 9.98. The second kappa shape index (κ2) is 5.21. The molecule has 98 valence electrons. The normalized spacial score (nSPS) is 13.8. The fourth-order valence-electron chi connectivity index (χ4n) is 1.50. The molecule has 0 bridgehead atoms. The molecule has 0 heterocycles. The summed E-state index contributed by atoms with van der Waals surface area (Å²) in [5.74, 6) is -1.38. The van der Waals surface area contributed by atoms with Crippen LogP contribution in [0.2, 0.25) is 0 Å². The van der Waals surface area contributed by atoms with Gasteiger partial charge in [-0.2, -0.15) is 0 Å². The largest absolute Gasteiger partial charge is 0.480 e. The Bertz CT molecular complexity index is 482. The average molecular weight is 249 g/mol. The predicted molar refractivity (Wildman–Crippen MR) is 69.7 cm³/mol. The Kier molecular flexibility index (Phi) is 4.11. The number of benzene rings is 1. The van der Waals surface area contributed by atoms with Gasteiger partial charge in [0.25, 0.3) is 5.91 Å². The van der Waals surface area contributed by atoms with Gasteiger partial charge in [0.1, 0.15) is 5.54 Å². The van der Waals surface area contributed by atoms with Gasteiger partial charge in [0.15, 0.2) is 0 Å². The SMILES string of the molecule is CCC(C)(NC(=O)c1ccc(C)c(C)c1)C(=O)O. The van der Waals surface area contributed by atoms with Crippen LogP contribution in [0.15, 0.2) is 18.2 Å². The van der Waals surface area contributed by atoms with E-state index in [9.17, 15) is 9.59 Å². The molecule has 1 atom stereocenters. The van der Waals surface area contributed by atoms with E-state index in [1.54, 1.807) is 19.1 Å². The topological polar surface area (TPSA) is 66.4 Å². The highest BCUT2D eigenvalue weighted by Gasteiger charge is 2.32. The first-order chi connectivity index (χ1) is 8.30. The molecule has 0 saturated carbocycles. The molecule has 1 amide bonds. The fourth-order valence-corrected chi connectivity index (χ4v) is 1.50. The Hall–Kier alpha value is -1.84. The van der Waals surface area contributed by atoms with Gasteiger partial charge >= 0.3 is 5.97 Å². The first kappa shape index (κ1) is 14.2. The van der Waals surface area contributed by atoms with Crippen molar-refractivity contribution >= 4 is 11.9 Å². The Morgan fingerprint density at radius 2 is 1.89 bits per heavy atom. The summed E-state index contributed by atoms with van der Waals surface area (Å²) in [6.45, 7) is 7.12. The highest BCUT2D eigenvalue weighted by atomic mass is 16.4. The Morgan fingerprint density at radius 1 is 1.28 bits per heavy atom. The molecule has 0 aliphatic heterocycles. The maximum absolute atomic E-state index is 12.0. The zero-order valence-corrected chi connectivity index (χ0v) is 11.2. The molecule has 0 radical (unpaired) electrons. The number of carbonyl (C=O) groups is 2. The van der Waals surface area contributed by atoms with Gasteiger partial charge in [-0.05, 0) is 50.5 Å². The molecule has 18 heavy (non-hydrogen) atoms. The number of hydrogen-bond acceptors (Lipinski definition) is 2. The number of amides is 1. The lowest BCUT2D eigenvalue weighted by Crippen LogP contribution is -2.51. The molecule has 4 heteroatoms. The molecule has 0 aliphatic carbocycles. The van der Waals surface area contributed by atoms with Crippen LogP contribution in [0.3, 0.4) is 0 Å². The maximum Gasteiger partial charge on any atom is 0.329 e. The third-order valence-corrected chi connectivity index (χ3v) is 3.34. The van der Waals surface area contributed by atoms with E-state index >= 15 is 0 Å². The average Bonchev–Trinajstić information content (AvgIpc) is 2.32. The molecular formula is C14H19NO3. The summed E-state index contributed by atoms with van der Waals surface area (Å²) in [4.78, 5) is 23.1. The fraction of sp³-hybridized carbons (Fsp3) is 0.429. The lowest BCUT2D eigenvalue weighted by Gasteiger charge is -2.24. The molecule has 4 nitrogen and oxygen atoms in total. The third-order valence-electron chi connectivity index (χ3n) is 3.34. The number of aryl methyl sites for hydroxylation is 2. The first-order valence-corrected chi connectivity index (χ1v) is 5.93. The van der Waals surface area contributed by atoms with Gasteiger partial charge in [0.2, 0.25) is 0 Å². The van der Waals surface area contributed by atoms with E-state index in [1.807, 2.05) is 19.9 Å². The molecule has 0 spiro atoms. The Labute approximate surface area is 107 Å². The van der Waals surface area contributed by atoms with Gasteiger partial charge in [0, 0.05) is 5.56 Å². The summed E-state index contributed by atoms with van der Waals surface area (Å²) in [6, 6.07) is 5.33. The maximum atomic E-state index is 12.0. The zero-order chi connectivity index (χ0) is 13.9. The second-order valence-electron chi connectivity index (χ2n) is 4.74. The van der Waals surface area contributed by atoms with Gasteiger partial charge in [-0.25, -0.2) is 4.79 Å². The smallest absolute Gasteiger partial charge is 0.329 e. The van der Waals surface area contributed by atoms with Crippen LogP contribution in [0, 0.1) is 13.8 Å². The number of carbonyl (C=O) groups excluding carboxylic acids is 1. The summed E-state index contributed by atoms with van der Waals surface area (Å²) in [6.07, 6.45) is 0.332. The summed E-state index contributed by atoms with van der Waals surface area (Å²) >= 11 is 0. The number of hydrogen-bond donors (Lipinski definition) is 2. The molecule has 1 aromatic carbocycles. The van der Waals surface area contributed by atoms with E-state index in [0.717, 1.165) is 11.1 Å². The van der Waals surface area contributed by atoms with Crippen molar-refractivity contribution in [1.82, 2.24) is 5.32 Å². The highest BCUT2D eigenvalue weighted by Crippen LogP contribution is 2.13. The summed E-state index contributed by atoms with van der Waals surface area (Å²) in [5, 5.41) is 11.7. The van der Waals surface area contributed by atoms with Gasteiger partial charge < -0.3 is 10.4 Å². The van der Waals surface area contributed by atoms with E-state index < -0.39 is 11.5 Å². The number of carboxylic acid groups (broad SMARTS) is 1. The van der Waals surface area contributed by atoms with Crippen LogP contribution in [0.25, 0.3) is 0 Å². The molecule has 1 rings (SSSR count). The zero-order valence-electron chi connectivity index (χ0n) is 11.2. The van der Waals surface area contributed by atoms with Crippen molar-refractivity contribution in [2.24, 2.45) is 0 Å². The lowest BCUT2D eigenvalue weighted by molar-refractivity contribution is -0.143. The number of carboxylic acids is 1. The molecule has 2 N–H and O–H groups in total. The number of rotatable bonds is 4. The Morgan fingerprint density at radius 3 is 2.33 bits per heavy atom. The van der Waals surface area contributed by atoms with Gasteiger partial charge in [0.05, 0.1) is 0 Å². The van der Waals surface area contributed by atoms with Crippen molar-refractivity contribution in [3.8, 4) is 0 Å². The van der Waals surface area contributed by atoms with Crippen molar-refractivity contribution in [2.75, 3.05) is 0 Å². The van der Waals surface area contributed by atoms with E-state index in [-0.39, 0.29) is 5.91 Å². The molecule has 0 saturated heterocycles. The number of aliphatic carboxylic acids is 1. The monoisotopic (exact) mass is 249 g/mol. The third kappa shape index (κ3) is 2.88. The quantitative estimate of drug-likeness (QED) is 0.860. The second-order valence-corrected chi connectivity index (χ2v) is 4.74.